The molecule has 1 heterocycles. The Balaban J connectivity index is 2.35. The number of hydrogen-bond acceptors (Lipinski definition) is 3. The zero-order valence-corrected chi connectivity index (χ0v) is 13.2. The Morgan fingerprint density at radius 2 is 2.00 bits per heavy atom. The molecule has 0 spiro atoms. The van der Waals surface area contributed by atoms with Gasteiger partial charge in [-0.25, -0.2) is 9.97 Å². The standard InChI is InChI=1S/C15H16Cl2N2O/c1-9(2)15-18-8-14(12(7-16)19-15)20-13-6-10(3)4-5-11(13)17/h4-6,8-9H,7H2,1-3H3. The van der Waals surface area contributed by atoms with Gasteiger partial charge in [0.15, 0.2) is 5.75 Å². The minimum Gasteiger partial charge on any atom is -0.452 e. The molecule has 1 aromatic carbocycles. The lowest BCUT2D eigenvalue weighted by Crippen LogP contribution is -2.02. The van der Waals surface area contributed by atoms with Gasteiger partial charge < -0.3 is 4.74 Å². The highest BCUT2D eigenvalue weighted by molar-refractivity contribution is 6.32. The molecular formula is C15H16Cl2N2O. The second-order valence-electron chi connectivity index (χ2n) is 4.86. The Labute approximate surface area is 128 Å². The molecule has 0 bridgehead atoms. The SMILES string of the molecule is Cc1ccc(Cl)c(Oc2cnc(C(C)C)nc2CCl)c1. The van der Waals surface area contributed by atoms with E-state index in [0.29, 0.717) is 22.2 Å². The first-order chi connectivity index (χ1) is 9.51. The van der Waals surface area contributed by atoms with Crippen molar-refractivity contribution in [1.29, 1.82) is 0 Å². The molecule has 0 aliphatic heterocycles. The van der Waals surface area contributed by atoms with E-state index in [0.717, 1.165) is 11.4 Å². The van der Waals surface area contributed by atoms with Gasteiger partial charge in [-0.2, -0.15) is 0 Å². The van der Waals surface area contributed by atoms with E-state index in [-0.39, 0.29) is 11.8 Å². The number of benzene rings is 1. The number of aromatic nitrogens is 2. The quantitative estimate of drug-likeness (QED) is 0.737. The smallest absolute Gasteiger partial charge is 0.168 e. The molecule has 0 aliphatic carbocycles. The third-order valence-electron chi connectivity index (χ3n) is 2.80. The first-order valence-electron chi connectivity index (χ1n) is 6.37. The molecule has 2 aromatic rings. The Hall–Kier alpha value is -1.32. The van der Waals surface area contributed by atoms with Crippen LogP contribution in [0, 0.1) is 6.92 Å². The fourth-order valence-corrected chi connectivity index (χ4v) is 2.04. The van der Waals surface area contributed by atoms with Gasteiger partial charge in [-0.05, 0) is 24.6 Å². The molecule has 0 amide bonds. The van der Waals surface area contributed by atoms with Crippen molar-refractivity contribution in [2.45, 2.75) is 32.6 Å². The fourth-order valence-electron chi connectivity index (χ4n) is 1.69. The highest BCUT2D eigenvalue weighted by Gasteiger charge is 2.12. The van der Waals surface area contributed by atoms with Gasteiger partial charge in [0.05, 0.1) is 17.1 Å². The average Bonchev–Trinajstić information content (AvgIpc) is 2.43. The van der Waals surface area contributed by atoms with Crippen LogP contribution in [-0.2, 0) is 5.88 Å². The van der Waals surface area contributed by atoms with Gasteiger partial charge in [0, 0.05) is 5.92 Å². The maximum absolute atomic E-state index is 6.12. The summed E-state index contributed by atoms with van der Waals surface area (Å²) in [5, 5.41) is 0.545. The number of aryl methyl sites for hydroxylation is 1. The predicted octanol–water partition coefficient (Wildman–Crippen LogP) is 5.09. The van der Waals surface area contributed by atoms with Gasteiger partial charge in [-0.3, -0.25) is 0 Å². The van der Waals surface area contributed by atoms with Gasteiger partial charge in [0.25, 0.3) is 0 Å². The lowest BCUT2D eigenvalue weighted by Gasteiger charge is -2.12. The molecule has 106 valence electrons. The lowest BCUT2D eigenvalue weighted by atomic mass is 10.2. The Bertz CT molecular complexity index is 615. The molecule has 5 heteroatoms. The van der Waals surface area contributed by atoms with Crippen LogP contribution in [0.5, 0.6) is 11.5 Å². The van der Waals surface area contributed by atoms with E-state index < -0.39 is 0 Å². The first kappa shape index (κ1) is 15.1. The topological polar surface area (TPSA) is 35.0 Å². The summed E-state index contributed by atoms with van der Waals surface area (Å²) in [4.78, 5) is 8.73. The van der Waals surface area contributed by atoms with Crippen molar-refractivity contribution in [3.8, 4) is 11.5 Å². The number of hydrogen-bond donors (Lipinski definition) is 0. The summed E-state index contributed by atoms with van der Waals surface area (Å²) in [7, 11) is 0. The van der Waals surface area contributed by atoms with Crippen LogP contribution in [0.4, 0.5) is 0 Å². The highest BCUT2D eigenvalue weighted by Crippen LogP contribution is 2.32. The molecule has 0 atom stereocenters. The molecule has 20 heavy (non-hydrogen) atoms. The van der Waals surface area contributed by atoms with E-state index in [9.17, 15) is 0 Å². The van der Waals surface area contributed by atoms with E-state index in [2.05, 4.69) is 9.97 Å². The average molecular weight is 311 g/mol. The molecule has 0 unspecified atom stereocenters. The Morgan fingerprint density at radius 3 is 2.65 bits per heavy atom. The van der Waals surface area contributed by atoms with E-state index in [1.807, 2.05) is 32.9 Å². The van der Waals surface area contributed by atoms with Crippen molar-refractivity contribution in [1.82, 2.24) is 9.97 Å². The maximum atomic E-state index is 6.12. The van der Waals surface area contributed by atoms with E-state index in [1.54, 1.807) is 12.3 Å². The highest BCUT2D eigenvalue weighted by atomic mass is 35.5. The fraction of sp³-hybridized carbons (Fsp3) is 0.333. The van der Waals surface area contributed by atoms with Crippen LogP contribution in [-0.4, -0.2) is 9.97 Å². The monoisotopic (exact) mass is 310 g/mol. The second-order valence-corrected chi connectivity index (χ2v) is 5.54. The minimum atomic E-state index is 0.244. The van der Waals surface area contributed by atoms with Gasteiger partial charge in [0.1, 0.15) is 17.3 Å². The van der Waals surface area contributed by atoms with Crippen molar-refractivity contribution in [3.05, 3.63) is 46.5 Å². The summed E-state index contributed by atoms with van der Waals surface area (Å²) in [5.74, 6) is 2.38. The van der Waals surface area contributed by atoms with Crippen molar-refractivity contribution in [3.63, 3.8) is 0 Å². The number of rotatable bonds is 4. The zero-order valence-electron chi connectivity index (χ0n) is 11.7. The molecule has 1 aromatic heterocycles. The minimum absolute atomic E-state index is 0.244. The molecule has 2 rings (SSSR count). The van der Waals surface area contributed by atoms with Gasteiger partial charge >= 0.3 is 0 Å². The van der Waals surface area contributed by atoms with Crippen molar-refractivity contribution in [2.24, 2.45) is 0 Å². The number of alkyl halides is 1. The summed E-state index contributed by atoms with van der Waals surface area (Å²) in [6.07, 6.45) is 1.65. The molecule has 0 aliphatic rings. The Morgan fingerprint density at radius 1 is 1.25 bits per heavy atom. The van der Waals surface area contributed by atoms with Gasteiger partial charge in [-0.15, -0.1) is 11.6 Å². The first-order valence-corrected chi connectivity index (χ1v) is 7.28. The van der Waals surface area contributed by atoms with Crippen LogP contribution in [0.15, 0.2) is 24.4 Å². The largest absolute Gasteiger partial charge is 0.452 e. The van der Waals surface area contributed by atoms with Crippen molar-refractivity contribution in [2.75, 3.05) is 0 Å². The molecule has 0 saturated heterocycles. The van der Waals surface area contributed by atoms with Crippen molar-refractivity contribution < 1.29 is 4.74 Å². The molecule has 0 radical (unpaired) electrons. The third kappa shape index (κ3) is 3.41. The van der Waals surface area contributed by atoms with Gasteiger partial charge in [-0.1, -0.05) is 31.5 Å². The number of halogens is 2. The summed E-state index contributed by atoms with van der Waals surface area (Å²) in [6, 6.07) is 5.60. The van der Waals surface area contributed by atoms with E-state index in [1.165, 1.54) is 0 Å². The molecule has 0 fully saturated rings. The molecular weight excluding hydrogens is 295 g/mol. The maximum Gasteiger partial charge on any atom is 0.168 e. The zero-order chi connectivity index (χ0) is 14.7. The van der Waals surface area contributed by atoms with E-state index in [4.69, 9.17) is 27.9 Å². The van der Waals surface area contributed by atoms with Crippen LogP contribution < -0.4 is 4.74 Å². The summed E-state index contributed by atoms with van der Waals surface area (Å²) in [6.45, 7) is 6.04. The summed E-state index contributed by atoms with van der Waals surface area (Å²) >= 11 is 12.1. The van der Waals surface area contributed by atoms with Crippen LogP contribution in [0.1, 0.15) is 36.8 Å². The third-order valence-corrected chi connectivity index (χ3v) is 3.36. The van der Waals surface area contributed by atoms with Crippen molar-refractivity contribution >= 4 is 23.2 Å². The summed E-state index contributed by atoms with van der Waals surface area (Å²) in [5.41, 5.74) is 1.74. The number of nitrogens with zero attached hydrogens (tertiary/aromatic N) is 2. The second kappa shape index (κ2) is 6.42. The van der Waals surface area contributed by atoms with E-state index >= 15 is 0 Å². The van der Waals surface area contributed by atoms with Crippen LogP contribution >= 0.6 is 23.2 Å². The summed E-state index contributed by atoms with van der Waals surface area (Å²) < 4.78 is 5.81. The van der Waals surface area contributed by atoms with Crippen LogP contribution in [0.2, 0.25) is 5.02 Å². The van der Waals surface area contributed by atoms with Crippen LogP contribution in [0.25, 0.3) is 0 Å². The molecule has 0 saturated carbocycles. The number of ether oxygens (including phenoxy) is 1. The lowest BCUT2D eigenvalue weighted by molar-refractivity contribution is 0.469. The Kier molecular flexibility index (Phi) is 4.84. The van der Waals surface area contributed by atoms with Gasteiger partial charge in [0.2, 0.25) is 0 Å². The van der Waals surface area contributed by atoms with Crippen LogP contribution in [0.3, 0.4) is 0 Å². The predicted molar refractivity (Wildman–Crippen MR) is 81.9 cm³/mol. The molecule has 3 nitrogen and oxygen atoms in total. The molecule has 0 N–H and O–H groups in total. The normalized spacial score (nSPS) is 10.9.